The molecule has 0 amide bonds. The Kier molecular flexibility index (Phi) is 4.53. The lowest BCUT2D eigenvalue weighted by Gasteiger charge is -2.36. The molecule has 1 aliphatic carbocycles. The smallest absolute Gasteiger partial charge is 0.147 e. The Labute approximate surface area is 136 Å². The number of piperazine rings is 1. The van der Waals surface area contributed by atoms with Gasteiger partial charge in [0.05, 0.1) is 22.4 Å². The Balaban J connectivity index is 1.61. The first-order valence-corrected chi connectivity index (χ1v) is 8.19. The predicted molar refractivity (Wildman–Crippen MR) is 86.1 cm³/mol. The number of anilines is 1. The molecule has 5 nitrogen and oxygen atoms in total. The van der Waals surface area contributed by atoms with Crippen molar-refractivity contribution in [3.63, 3.8) is 0 Å². The van der Waals surface area contributed by atoms with Gasteiger partial charge in [0.25, 0.3) is 0 Å². The van der Waals surface area contributed by atoms with Gasteiger partial charge in [0.2, 0.25) is 0 Å². The van der Waals surface area contributed by atoms with Crippen LogP contribution in [0.2, 0.25) is 5.02 Å². The number of aryl methyl sites for hydroxylation is 1. The Morgan fingerprint density at radius 1 is 1.41 bits per heavy atom. The third-order valence-electron chi connectivity index (χ3n) is 4.55. The SMILES string of the molecule is Cc1nc(N2CCN(CC(O)C3CC3)CC2)c(Cl)cc1C#N. The van der Waals surface area contributed by atoms with E-state index in [4.69, 9.17) is 16.9 Å². The summed E-state index contributed by atoms with van der Waals surface area (Å²) in [6.45, 7) is 6.10. The minimum atomic E-state index is -0.176. The van der Waals surface area contributed by atoms with Crippen LogP contribution in [0.15, 0.2) is 6.07 Å². The van der Waals surface area contributed by atoms with Crippen LogP contribution < -0.4 is 4.90 Å². The molecule has 1 saturated heterocycles. The van der Waals surface area contributed by atoms with Gasteiger partial charge in [-0.25, -0.2) is 4.98 Å². The summed E-state index contributed by atoms with van der Waals surface area (Å²) in [4.78, 5) is 8.97. The highest BCUT2D eigenvalue weighted by molar-refractivity contribution is 6.33. The molecule has 1 unspecified atom stereocenters. The fraction of sp³-hybridized carbons (Fsp3) is 0.625. The lowest BCUT2D eigenvalue weighted by atomic mass is 10.2. The van der Waals surface area contributed by atoms with Crippen molar-refractivity contribution in [2.45, 2.75) is 25.9 Å². The van der Waals surface area contributed by atoms with Crippen LogP contribution >= 0.6 is 11.6 Å². The number of aliphatic hydroxyl groups is 1. The summed E-state index contributed by atoms with van der Waals surface area (Å²) in [7, 11) is 0. The van der Waals surface area contributed by atoms with E-state index in [1.54, 1.807) is 6.07 Å². The van der Waals surface area contributed by atoms with Crippen molar-refractivity contribution in [1.82, 2.24) is 9.88 Å². The van der Waals surface area contributed by atoms with Gasteiger partial charge in [-0.3, -0.25) is 4.90 Å². The van der Waals surface area contributed by atoms with Gasteiger partial charge in [-0.15, -0.1) is 0 Å². The second-order valence-corrected chi connectivity index (χ2v) is 6.64. The molecule has 0 aromatic carbocycles. The first kappa shape index (κ1) is 15.5. The first-order valence-electron chi connectivity index (χ1n) is 7.81. The monoisotopic (exact) mass is 320 g/mol. The number of nitrogens with zero attached hydrogens (tertiary/aromatic N) is 4. The van der Waals surface area contributed by atoms with E-state index >= 15 is 0 Å². The third kappa shape index (κ3) is 3.35. The highest BCUT2D eigenvalue weighted by Crippen LogP contribution is 2.33. The first-order chi connectivity index (χ1) is 10.6. The van der Waals surface area contributed by atoms with E-state index in [0.717, 1.165) is 38.5 Å². The van der Waals surface area contributed by atoms with Gasteiger partial charge in [0, 0.05) is 32.7 Å². The largest absolute Gasteiger partial charge is 0.392 e. The second-order valence-electron chi connectivity index (χ2n) is 6.23. The van der Waals surface area contributed by atoms with E-state index in [-0.39, 0.29) is 6.10 Å². The van der Waals surface area contributed by atoms with E-state index in [0.29, 0.717) is 22.2 Å². The van der Waals surface area contributed by atoms with Crippen LogP contribution in [-0.2, 0) is 0 Å². The standard InChI is InChI=1S/C16H21ClN4O/c1-11-13(9-18)8-14(17)16(19-11)21-6-4-20(5-7-21)10-15(22)12-2-3-12/h8,12,15,22H,2-7,10H2,1H3. The highest BCUT2D eigenvalue weighted by atomic mass is 35.5. The minimum Gasteiger partial charge on any atom is -0.392 e. The van der Waals surface area contributed by atoms with E-state index in [1.165, 1.54) is 12.8 Å². The summed E-state index contributed by atoms with van der Waals surface area (Å²) >= 11 is 6.28. The van der Waals surface area contributed by atoms with E-state index in [2.05, 4.69) is 20.9 Å². The Morgan fingerprint density at radius 3 is 2.68 bits per heavy atom. The molecule has 1 atom stereocenters. The number of β-amino-alcohol motifs (C(OH)–C–C–N with tert-alkyl or cyclic N) is 1. The summed E-state index contributed by atoms with van der Waals surface area (Å²) in [5.41, 5.74) is 1.24. The summed E-state index contributed by atoms with van der Waals surface area (Å²) in [5, 5.41) is 19.6. The molecule has 3 rings (SSSR count). The van der Waals surface area contributed by atoms with Crippen LogP contribution in [0.3, 0.4) is 0 Å². The van der Waals surface area contributed by atoms with Gasteiger partial charge in [0.1, 0.15) is 11.9 Å². The van der Waals surface area contributed by atoms with Crippen LogP contribution in [0.4, 0.5) is 5.82 Å². The van der Waals surface area contributed by atoms with Crippen molar-refractivity contribution in [3.8, 4) is 6.07 Å². The topological polar surface area (TPSA) is 63.4 Å². The van der Waals surface area contributed by atoms with Gasteiger partial charge in [0.15, 0.2) is 0 Å². The fourth-order valence-corrected chi connectivity index (χ4v) is 3.21. The fourth-order valence-electron chi connectivity index (χ4n) is 2.94. The maximum atomic E-state index is 10.0. The molecule has 0 radical (unpaired) electrons. The molecule has 1 aromatic heterocycles. The van der Waals surface area contributed by atoms with E-state index in [1.807, 2.05) is 6.92 Å². The average molecular weight is 321 g/mol. The van der Waals surface area contributed by atoms with Crippen molar-refractivity contribution in [1.29, 1.82) is 5.26 Å². The van der Waals surface area contributed by atoms with Crippen LogP contribution in [0.5, 0.6) is 0 Å². The quantitative estimate of drug-likeness (QED) is 0.916. The minimum absolute atomic E-state index is 0.176. The van der Waals surface area contributed by atoms with Gasteiger partial charge in [-0.2, -0.15) is 5.26 Å². The molecule has 2 aliphatic rings. The van der Waals surface area contributed by atoms with Crippen LogP contribution in [0.1, 0.15) is 24.1 Å². The number of rotatable bonds is 4. The van der Waals surface area contributed by atoms with Crippen LogP contribution in [0.25, 0.3) is 0 Å². The van der Waals surface area contributed by atoms with Crippen molar-refractivity contribution in [2.24, 2.45) is 5.92 Å². The number of halogens is 1. The van der Waals surface area contributed by atoms with Gasteiger partial charge in [-0.1, -0.05) is 11.6 Å². The van der Waals surface area contributed by atoms with Crippen molar-refractivity contribution < 1.29 is 5.11 Å². The molecule has 1 N–H and O–H groups in total. The molecule has 22 heavy (non-hydrogen) atoms. The molecule has 1 saturated carbocycles. The van der Waals surface area contributed by atoms with E-state index < -0.39 is 0 Å². The van der Waals surface area contributed by atoms with Crippen LogP contribution in [-0.4, -0.2) is 53.8 Å². The van der Waals surface area contributed by atoms with Gasteiger partial charge >= 0.3 is 0 Å². The number of hydrogen-bond donors (Lipinski definition) is 1. The Bertz CT molecular complexity index is 589. The molecule has 6 heteroatoms. The molecular weight excluding hydrogens is 300 g/mol. The zero-order valence-corrected chi connectivity index (χ0v) is 13.6. The summed E-state index contributed by atoms with van der Waals surface area (Å²) in [6, 6.07) is 3.81. The molecule has 0 spiro atoms. The molecule has 1 aromatic rings. The second kappa shape index (κ2) is 6.41. The normalized spacial score (nSPS) is 20.7. The number of aliphatic hydroxyl groups excluding tert-OH is 1. The number of nitriles is 1. The third-order valence-corrected chi connectivity index (χ3v) is 4.83. The summed E-state index contributed by atoms with van der Waals surface area (Å²) < 4.78 is 0. The summed E-state index contributed by atoms with van der Waals surface area (Å²) in [6.07, 6.45) is 2.17. The number of aromatic nitrogens is 1. The predicted octanol–water partition coefficient (Wildman–Crippen LogP) is 1.81. The zero-order valence-electron chi connectivity index (χ0n) is 12.8. The van der Waals surface area contributed by atoms with Crippen molar-refractivity contribution in [3.05, 3.63) is 22.3 Å². The molecule has 2 fully saturated rings. The zero-order chi connectivity index (χ0) is 15.7. The molecule has 2 heterocycles. The maximum absolute atomic E-state index is 10.0. The van der Waals surface area contributed by atoms with E-state index in [9.17, 15) is 5.11 Å². The highest BCUT2D eigenvalue weighted by Gasteiger charge is 2.31. The lowest BCUT2D eigenvalue weighted by Crippen LogP contribution is -2.49. The van der Waals surface area contributed by atoms with Crippen molar-refractivity contribution >= 4 is 17.4 Å². The lowest BCUT2D eigenvalue weighted by molar-refractivity contribution is 0.0921. The maximum Gasteiger partial charge on any atom is 0.147 e. The molecular formula is C16H21ClN4O. The number of hydrogen-bond acceptors (Lipinski definition) is 5. The summed E-state index contributed by atoms with van der Waals surface area (Å²) in [5.74, 6) is 1.29. The Morgan fingerprint density at radius 2 is 2.09 bits per heavy atom. The average Bonchev–Trinajstić information content (AvgIpc) is 3.35. The Hall–Kier alpha value is -1.35. The number of pyridine rings is 1. The molecule has 1 aliphatic heterocycles. The van der Waals surface area contributed by atoms with Gasteiger partial charge in [-0.05, 0) is 31.7 Å². The molecule has 118 valence electrons. The van der Waals surface area contributed by atoms with Crippen molar-refractivity contribution in [2.75, 3.05) is 37.6 Å². The van der Waals surface area contributed by atoms with Crippen LogP contribution in [0, 0.1) is 24.2 Å². The van der Waals surface area contributed by atoms with Gasteiger partial charge < -0.3 is 10.0 Å². The molecule has 0 bridgehead atoms.